The van der Waals surface area contributed by atoms with E-state index in [0.29, 0.717) is 5.95 Å². The Morgan fingerprint density at radius 2 is 1.09 bits per heavy atom. The van der Waals surface area contributed by atoms with Gasteiger partial charge in [0.1, 0.15) is 4.83 Å². The van der Waals surface area contributed by atoms with Gasteiger partial charge in [-0.3, -0.25) is 4.57 Å². The molecule has 0 radical (unpaired) electrons. The first-order chi connectivity index (χ1) is 22.3. The molecule has 5 aromatic heterocycles. The van der Waals surface area contributed by atoms with Crippen LogP contribution < -0.4 is 0 Å². The summed E-state index contributed by atoms with van der Waals surface area (Å²) in [5.74, 6) is 0.695. The molecule has 45 heavy (non-hydrogen) atoms. The maximum Gasteiger partial charge on any atom is 0.236 e. The minimum atomic E-state index is 0.695. The van der Waals surface area contributed by atoms with E-state index >= 15 is 0 Å². The maximum absolute atomic E-state index is 5.43. The third kappa shape index (κ3) is 2.96. The Balaban J connectivity index is 1.37. The fourth-order valence-electron chi connectivity index (χ4n) is 7.70. The maximum atomic E-state index is 5.43. The second-order valence-corrected chi connectivity index (χ2v) is 12.8. The van der Waals surface area contributed by atoms with Gasteiger partial charge in [0.25, 0.3) is 0 Å². The molecule has 0 unspecified atom stereocenters. The Bertz CT molecular complexity index is 2980. The van der Waals surface area contributed by atoms with Crippen LogP contribution >= 0.6 is 11.3 Å². The Morgan fingerprint density at radius 1 is 0.467 bits per heavy atom. The second-order valence-electron chi connectivity index (χ2n) is 11.8. The van der Waals surface area contributed by atoms with E-state index in [2.05, 4.69) is 142 Å². The van der Waals surface area contributed by atoms with E-state index < -0.39 is 0 Å². The molecule has 0 saturated heterocycles. The van der Waals surface area contributed by atoms with Crippen LogP contribution in [0, 0.1) is 0 Å². The van der Waals surface area contributed by atoms with Gasteiger partial charge in [0, 0.05) is 53.4 Å². The van der Waals surface area contributed by atoms with Gasteiger partial charge in [0.2, 0.25) is 5.95 Å². The molecular formula is C40H22N4S. The Hall–Kier alpha value is -5.78. The molecule has 0 atom stereocenters. The van der Waals surface area contributed by atoms with Gasteiger partial charge in [-0.25, -0.2) is 9.97 Å². The Kier molecular flexibility index (Phi) is 4.43. The third-order valence-corrected chi connectivity index (χ3v) is 10.5. The summed E-state index contributed by atoms with van der Waals surface area (Å²) in [5, 5.41) is 9.83. The molecule has 208 valence electrons. The van der Waals surface area contributed by atoms with Gasteiger partial charge >= 0.3 is 0 Å². The SMILES string of the molecule is c1ccc(-c2nc(-n3c4ccccc4c4c5c6ccccc6n6c7ccccc7c(cc43)c56)nc3sc4ccccc4c23)cc1. The van der Waals surface area contributed by atoms with E-state index in [-0.39, 0.29) is 0 Å². The van der Waals surface area contributed by atoms with Crippen molar-refractivity contribution < 1.29 is 0 Å². The quantitative estimate of drug-likeness (QED) is 0.201. The number of nitrogens with zero attached hydrogens (tertiary/aromatic N) is 4. The number of aromatic nitrogens is 4. The zero-order valence-corrected chi connectivity index (χ0v) is 24.7. The lowest BCUT2D eigenvalue weighted by Gasteiger charge is -2.10. The van der Waals surface area contributed by atoms with Crippen molar-refractivity contribution in [1.82, 2.24) is 18.9 Å². The number of hydrogen-bond acceptors (Lipinski definition) is 3. The van der Waals surface area contributed by atoms with Crippen LogP contribution in [0.5, 0.6) is 0 Å². The van der Waals surface area contributed by atoms with Gasteiger partial charge in [-0.2, -0.15) is 0 Å². The van der Waals surface area contributed by atoms with E-state index in [4.69, 9.17) is 9.97 Å². The van der Waals surface area contributed by atoms with Crippen LogP contribution in [0.15, 0.2) is 133 Å². The molecule has 0 N–H and O–H groups in total. The van der Waals surface area contributed by atoms with Crippen molar-refractivity contribution in [3.63, 3.8) is 0 Å². The van der Waals surface area contributed by atoms with E-state index in [9.17, 15) is 0 Å². The number of thiophene rings is 1. The molecule has 11 aromatic rings. The summed E-state index contributed by atoms with van der Waals surface area (Å²) >= 11 is 1.74. The van der Waals surface area contributed by atoms with Crippen molar-refractivity contribution >= 4 is 91.5 Å². The number of fused-ring (bicyclic) bond motifs is 13. The predicted octanol–water partition coefficient (Wildman–Crippen LogP) is 10.8. The van der Waals surface area contributed by atoms with E-state index in [0.717, 1.165) is 32.5 Å². The summed E-state index contributed by atoms with van der Waals surface area (Å²) < 4.78 is 5.97. The number of benzene rings is 6. The van der Waals surface area contributed by atoms with Crippen molar-refractivity contribution in [3.05, 3.63) is 133 Å². The molecule has 0 spiro atoms. The molecule has 0 bridgehead atoms. The minimum absolute atomic E-state index is 0.695. The second kappa shape index (κ2) is 8.44. The van der Waals surface area contributed by atoms with Gasteiger partial charge in [-0.1, -0.05) is 103 Å². The van der Waals surface area contributed by atoms with Crippen LogP contribution in [0.25, 0.3) is 97.4 Å². The highest BCUT2D eigenvalue weighted by molar-refractivity contribution is 7.25. The zero-order valence-electron chi connectivity index (χ0n) is 23.9. The van der Waals surface area contributed by atoms with Gasteiger partial charge in [-0.05, 0) is 30.3 Å². The molecule has 0 saturated carbocycles. The fraction of sp³-hybridized carbons (Fsp3) is 0. The topological polar surface area (TPSA) is 35.1 Å². The van der Waals surface area contributed by atoms with Crippen molar-refractivity contribution in [2.75, 3.05) is 0 Å². The summed E-state index contributed by atoms with van der Waals surface area (Å²) in [6.45, 7) is 0. The fourth-order valence-corrected chi connectivity index (χ4v) is 8.77. The molecular weight excluding hydrogens is 569 g/mol. The highest BCUT2D eigenvalue weighted by Crippen LogP contribution is 2.47. The average Bonchev–Trinajstić information content (AvgIpc) is 3.83. The van der Waals surface area contributed by atoms with Gasteiger partial charge in [0.05, 0.1) is 33.3 Å². The minimum Gasteiger partial charge on any atom is -0.308 e. The van der Waals surface area contributed by atoms with Crippen LogP contribution in [0.2, 0.25) is 0 Å². The van der Waals surface area contributed by atoms with Crippen molar-refractivity contribution in [1.29, 1.82) is 0 Å². The van der Waals surface area contributed by atoms with Crippen molar-refractivity contribution in [2.45, 2.75) is 0 Å². The normalized spacial score (nSPS) is 12.4. The van der Waals surface area contributed by atoms with Gasteiger partial charge in [-0.15, -0.1) is 11.3 Å². The molecule has 4 nitrogen and oxygen atoms in total. The number of rotatable bonds is 2. The molecule has 11 rings (SSSR count). The first kappa shape index (κ1) is 23.6. The van der Waals surface area contributed by atoms with Crippen molar-refractivity contribution in [3.8, 4) is 17.2 Å². The predicted molar refractivity (Wildman–Crippen MR) is 189 cm³/mol. The molecule has 0 aliphatic heterocycles. The van der Waals surface area contributed by atoms with Crippen molar-refractivity contribution in [2.24, 2.45) is 0 Å². The molecule has 0 aliphatic rings. The Morgan fingerprint density at radius 3 is 1.89 bits per heavy atom. The van der Waals surface area contributed by atoms with E-state index in [1.165, 1.54) is 59.0 Å². The molecule has 0 aliphatic carbocycles. The monoisotopic (exact) mass is 590 g/mol. The molecule has 5 heteroatoms. The first-order valence-electron chi connectivity index (χ1n) is 15.2. The van der Waals surface area contributed by atoms with Crippen LogP contribution in [0.1, 0.15) is 0 Å². The molecule has 0 fully saturated rings. The van der Waals surface area contributed by atoms with E-state index in [1.54, 1.807) is 11.3 Å². The first-order valence-corrected chi connectivity index (χ1v) is 16.0. The average molecular weight is 591 g/mol. The standard InChI is InChI=1S/C40H22N4S/c1-2-12-23(13-3-1)37-36-27-17-7-11-21-33(27)45-39(36)42-40(41-37)44-31-20-10-5-15-25(31)34-32(44)22-28-24-14-4-8-18-29(24)43-30-19-9-6-16-26(30)35(34)38(28)43/h1-22H. The van der Waals surface area contributed by atoms with Gasteiger partial charge in [0.15, 0.2) is 0 Å². The Labute approximate surface area is 260 Å². The summed E-state index contributed by atoms with van der Waals surface area (Å²) in [6.07, 6.45) is 0. The highest BCUT2D eigenvalue weighted by Gasteiger charge is 2.25. The highest BCUT2D eigenvalue weighted by atomic mass is 32.1. The zero-order chi connectivity index (χ0) is 29.2. The van der Waals surface area contributed by atoms with Gasteiger partial charge < -0.3 is 4.40 Å². The summed E-state index contributed by atoms with van der Waals surface area (Å²) in [5.41, 5.74) is 8.03. The summed E-state index contributed by atoms with van der Waals surface area (Å²) in [4.78, 5) is 11.8. The molecule has 5 heterocycles. The van der Waals surface area contributed by atoms with Crippen LogP contribution in [0.3, 0.4) is 0 Å². The lowest BCUT2D eigenvalue weighted by molar-refractivity contribution is 1.02. The summed E-state index contributed by atoms with van der Waals surface area (Å²) in [7, 11) is 0. The summed E-state index contributed by atoms with van der Waals surface area (Å²) in [6, 6.07) is 47.8. The smallest absolute Gasteiger partial charge is 0.236 e. The lowest BCUT2D eigenvalue weighted by atomic mass is 10.0. The lowest BCUT2D eigenvalue weighted by Crippen LogP contribution is -2.02. The van der Waals surface area contributed by atoms with Crippen LogP contribution in [0.4, 0.5) is 0 Å². The number of para-hydroxylation sites is 3. The van der Waals surface area contributed by atoms with Crippen LogP contribution in [-0.4, -0.2) is 18.9 Å². The van der Waals surface area contributed by atoms with Crippen LogP contribution in [-0.2, 0) is 0 Å². The number of hydrogen-bond donors (Lipinski definition) is 0. The largest absolute Gasteiger partial charge is 0.308 e. The molecule has 0 amide bonds. The third-order valence-electron chi connectivity index (χ3n) is 9.48. The molecule has 6 aromatic carbocycles. The van der Waals surface area contributed by atoms with E-state index in [1.807, 2.05) is 0 Å².